The summed E-state index contributed by atoms with van der Waals surface area (Å²) in [7, 11) is 0. The zero-order valence-electron chi connectivity index (χ0n) is 11.8. The van der Waals surface area contributed by atoms with Crippen LogP contribution in [0.1, 0.15) is 50.2 Å². The van der Waals surface area contributed by atoms with Gasteiger partial charge in [-0.3, -0.25) is 0 Å². The van der Waals surface area contributed by atoms with Crippen molar-refractivity contribution in [2.45, 2.75) is 57.9 Å². The largest absolute Gasteiger partial charge is 0.493 e. The van der Waals surface area contributed by atoms with E-state index in [1.165, 1.54) is 36.8 Å². The fourth-order valence-corrected chi connectivity index (χ4v) is 3.27. The highest BCUT2D eigenvalue weighted by Gasteiger charge is 2.18. The Kier molecular flexibility index (Phi) is 5.71. The van der Waals surface area contributed by atoms with E-state index in [1.807, 2.05) is 0 Å². The number of hydrogen-bond donors (Lipinski definition) is 1. The van der Waals surface area contributed by atoms with Crippen LogP contribution < -0.4 is 10.5 Å². The molecule has 0 amide bonds. The Morgan fingerprint density at radius 1 is 1.32 bits per heavy atom. The average Bonchev–Trinajstić information content (AvgIpc) is 2.82. The molecule has 0 saturated heterocycles. The molecule has 1 heterocycles. The SMILES string of the molecule is CCCCCCC(N)Cc1cc(Br)cc2c1OCC2. The molecule has 0 spiro atoms. The van der Waals surface area contributed by atoms with E-state index in [4.69, 9.17) is 10.5 Å². The van der Waals surface area contributed by atoms with Crippen molar-refractivity contribution in [2.24, 2.45) is 5.73 Å². The summed E-state index contributed by atoms with van der Waals surface area (Å²) in [5, 5.41) is 0. The first-order valence-electron chi connectivity index (χ1n) is 7.40. The summed E-state index contributed by atoms with van der Waals surface area (Å²) in [6.45, 7) is 3.05. The molecule has 1 aromatic rings. The molecule has 0 saturated carbocycles. The maximum Gasteiger partial charge on any atom is 0.125 e. The lowest BCUT2D eigenvalue weighted by Crippen LogP contribution is -2.22. The zero-order valence-corrected chi connectivity index (χ0v) is 13.3. The van der Waals surface area contributed by atoms with Gasteiger partial charge in [0.15, 0.2) is 0 Å². The van der Waals surface area contributed by atoms with Gasteiger partial charge in [-0.05, 0) is 36.1 Å². The van der Waals surface area contributed by atoms with Gasteiger partial charge in [-0.1, -0.05) is 48.5 Å². The third-order valence-corrected chi connectivity index (χ3v) is 4.19. The summed E-state index contributed by atoms with van der Waals surface area (Å²) in [5.74, 6) is 1.09. The molecule has 2 nitrogen and oxygen atoms in total. The maximum atomic E-state index is 6.26. The van der Waals surface area contributed by atoms with Crippen molar-refractivity contribution in [3.63, 3.8) is 0 Å². The molecule has 19 heavy (non-hydrogen) atoms. The minimum absolute atomic E-state index is 0.249. The van der Waals surface area contributed by atoms with Gasteiger partial charge < -0.3 is 10.5 Å². The summed E-state index contributed by atoms with van der Waals surface area (Å²) < 4.78 is 6.90. The van der Waals surface area contributed by atoms with Gasteiger partial charge in [-0.25, -0.2) is 0 Å². The predicted octanol–water partition coefficient (Wildman–Crippen LogP) is 4.22. The van der Waals surface area contributed by atoms with Gasteiger partial charge in [0.05, 0.1) is 6.61 Å². The number of fused-ring (bicyclic) bond motifs is 1. The number of benzene rings is 1. The fraction of sp³-hybridized carbons (Fsp3) is 0.625. The van der Waals surface area contributed by atoms with Crippen molar-refractivity contribution in [3.8, 4) is 5.75 Å². The van der Waals surface area contributed by atoms with Crippen molar-refractivity contribution in [1.29, 1.82) is 0 Å². The van der Waals surface area contributed by atoms with Gasteiger partial charge in [0.1, 0.15) is 5.75 Å². The Morgan fingerprint density at radius 2 is 2.16 bits per heavy atom. The zero-order chi connectivity index (χ0) is 13.7. The molecule has 1 aromatic carbocycles. The van der Waals surface area contributed by atoms with Crippen molar-refractivity contribution in [2.75, 3.05) is 6.61 Å². The Bertz CT molecular complexity index is 419. The Morgan fingerprint density at radius 3 is 2.95 bits per heavy atom. The van der Waals surface area contributed by atoms with Gasteiger partial charge in [0.2, 0.25) is 0 Å². The standard InChI is InChI=1S/C16H24BrNO/c1-2-3-4-5-6-15(18)11-13-10-14(17)9-12-7-8-19-16(12)13/h9-10,15H,2-8,11,18H2,1H3. The second-order valence-corrected chi connectivity index (χ2v) is 6.38. The Balaban J connectivity index is 1.92. The molecule has 1 aliphatic heterocycles. The van der Waals surface area contributed by atoms with Gasteiger partial charge in [0.25, 0.3) is 0 Å². The topological polar surface area (TPSA) is 35.2 Å². The molecule has 1 aliphatic rings. The first kappa shape index (κ1) is 14.9. The van der Waals surface area contributed by atoms with Crippen LogP contribution in [0.3, 0.4) is 0 Å². The van der Waals surface area contributed by atoms with Crippen molar-refractivity contribution < 1.29 is 4.74 Å². The molecule has 0 aromatic heterocycles. The molecule has 1 unspecified atom stereocenters. The molecule has 0 aliphatic carbocycles. The van der Waals surface area contributed by atoms with E-state index in [9.17, 15) is 0 Å². The van der Waals surface area contributed by atoms with Crippen molar-refractivity contribution >= 4 is 15.9 Å². The van der Waals surface area contributed by atoms with Crippen LogP contribution in [-0.4, -0.2) is 12.6 Å². The minimum atomic E-state index is 0.249. The molecule has 0 bridgehead atoms. The van der Waals surface area contributed by atoms with E-state index in [1.54, 1.807) is 0 Å². The number of halogens is 1. The van der Waals surface area contributed by atoms with Crippen molar-refractivity contribution in [3.05, 3.63) is 27.7 Å². The predicted molar refractivity (Wildman–Crippen MR) is 83.8 cm³/mol. The third-order valence-electron chi connectivity index (χ3n) is 3.74. The quantitative estimate of drug-likeness (QED) is 0.761. The molecule has 3 heteroatoms. The van der Waals surface area contributed by atoms with E-state index >= 15 is 0 Å². The normalized spacial score (nSPS) is 15.1. The minimum Gasteiger partial charge on any atom is -0.493 e. The van der Waals surface area contributed by atoms with E-state index in [0.717, 1.165) is 36.1 Å². The summed E-state index contributed by atoms with van der Waals surface area (Å²) in [4.78, 5) is 0. The average molecular weight is 326 g/mol. The molecule has 0 fully saturated rings. The maximum absolute atomic E-state index is 6.26. The summed E-state index contributed by atoms with van der Waals surface area (Å²) >= 11 is 3.58. The lowest BCUT2D eigenvalue weighted by Gasteiger charge is -2.14. The summed E-state index contributed by atoms with van der Waals surface area (Å²) in [6.07, 6.45) is 8.20. The first-order chi connectivity index (χ1) is 9.20. The van der Waals surface area contributed by atoms with Gasteiger partial charge in [0, 0.05) is 16.9 Å². The fourth-order valence-electron chi connectivity index (χ4n) is 2.72. The Hall–Kier alpha value is -0.540. The van der Waals surface area contributed by atoms with E-state index in [0.29, 0.717) is 0 Å². The van der Waals surface area contributed by atoms with Crippen LogP contribution in [0.5, 0.6) is 5.75 Å². The van der Waals surface area contributed by atoms with Crippen LogP contribution in [0.25, 0.3) is 0 Å². The Labute approximate surface area is 124 Å². The number of rotatable bonds is 7. The van der Waals surface area contributed by atoms with Gasteiger partial charge >= 0.3 is 0 Å². The molecular weight excluding hydrogens is 302 g/mol. The second kappa shape index (κ2) is 7.30. The van der Waals surface area contributed by atoms with Crippen molar-refractivity contribution in [1.82, 2.24) is 0 Å². The smallest absolute Gasteiger partial charge is 0.125 e. The number of unbranched alkanes of at least 4 members (excludes halogenated alkanes) is 3. The summed E-state index contributed by atoms with van der Waals surface area (Å²) in [5.41, 5.74) is 8.85. The molecule has 2 N–H and O–H groups in total. The number of nitrogens with two attached hydrogens (primary N) is 1. The van der Waals surface area contributed by atoms with Gasteiger partial charge in [-0.15, -0.1) is 0 Å². The summed E-state index contributed by atoms with van der Waals surface area (Å²) in [6, 6.07) is 4.58. The highest BCUT2D eigenvalue weighted by Crippen LogP contribution is 2.33. The van der Waals surface area contributed by atoms with Crippen LogP contribution in [0.2, 0.25) is 0 Å². The van der Waals surface area contributed by atoms with Crippen LogP contribution in [0.4, 0.5) is 0 Å². The number of ether oxygens (including phenoxy) is 1. The molecule has 106 valence electrons. The van der Waals surface area contributed by atoms with E-state index < -0.39 is 0 Å². The van der Waals surface area contributed by atoms with E-state index in [-0.39, 0.29) is 6.04 Å². The lowest BCUT2D eigenvalue weighted by molar-refractivity contribution is 0.352. The van der Waals surface area contributed by atoms with E-state index in [2.05, 4.69) is 35.0 Å². The van der Waals surface area contributed by atoms with Crippen LogP contribution >= 0.6 is 15.9 Å². The van der Waals surface area contributed by atoms with Gasteiger partial charge in [-0.2, -0.15) is 0 Å². The molecule has 0 radical (unpaired) electrons. The molecule has 2 rings (SSSR count). The number of hydrogen-bond acceptors (Lipinski definition) is 2. The highest BCUT2D eigenvalue weighted by atomic mass is 79.9. The lowest BCUT2D eigenvalue weighted by atomic mass is 9.98. The van der Waals surface area contributed by atoms with Crippen LogP contribution in [0.15, 0.2) is 16.6 Å². The molecule has 1 atom stereocenters. The molecular formula is C16H24BrNO. The highest BCUT2D eigenvalue weighted by molar-refractivity contribution is 9.10. The van der Waals surface area contributed by atoms with Crippen LogP contribution in [-0.2, 0) is 12.8 Å². The monoisotopic (exact) mass is 325 g/mol. The van der Waals surface area contributed by atoms with Crippen LogP contribution in [0, 0.1) is 0 Å². The third kappa shape index (κ3) is 4.22. The second-order valence-electron chi connectivity index (χ2n) is 5.47. The first-order valence-corrected chi connectivity index (χ1v) is 8.19.